The average Bonchev–Trinajstić information content (AvgIpc) is 1.89. The molecule has 0 N–H and O–H groups in total. The highest BCUT2D eigenvalue weighted by atomic mass is 35.5. The molecular weight excluding hydrogens is 138 g/mol. The van der Waals surface area contributed by atoms with E-state index in [0.29, 0.717) is 10.7 Å². The number of hydrogen-bond donors (Lipinski definition) is 0. The van der Waals surface area contributed by atoms with Crippen LogP contribution in [0.1, 0.15) is 25.7 Å². The Morgan fingerprint density at radius 3 is 2.44 bits per heavy atom. The zero-order valence-corrected chi connectivity index (χ0v) is 5.82. The van der Waals surface area contributed by atoms with Crippen LogP contribution < -0.4 is 0 Å². The summed E-state index contributed by atoms with van der Waals surface area (Å²) < 4.78 is 0. The molecule has 0 aromatic heterocycles. The fourth-order valence-corrected chi connectivity index (χ4v) is 1.21. The Morgan fingerprint density at radius 2 is 2.00 bits per heavy atom. The second kappa shape index (κ2) is 2.97. The largest absolute Gasteiger partial charge is 0.145 e. The van der Waals surface area contributed by atoms with E-state index in [4.69, 9.17) is 11.6 Å². The number of rotatable bonds is 1. The van der Waals surface area contributed by atoms with Crippen LogP contribution in [-0.4, -0.2) is 0 Å². The molecule has 0 unspecified atom stereocenters. The first-order chi connectivity index (χ1) is 4.34. The highest BCUT2D eigenvalue weighted by molar-refractivity contribution is 6.29. The van der Waals surface area contributed by atoms with Crippen molar-refractivity contribution in [3.63, 3.8) is 0 Å². The van der Waals surface area contributed by atoms with Crippen molar-refractivity contribution in [3.8, 4) is 0 Å². The maximum Gasteiger partial charge on any atom is 0.0993 e. The molecule has 0 heterocycles. The smallest absolute Gasteiger partial charge is 0.0993 e. The van der Waals surface area contributed by atoms with Crippen molar-refractivity contribution in [1.82, 2.24) is 0 Å². The molecule has 0 saturated heterocycles. The van der Waals surface area contributed by atoms with E-state index in [9.17, 15) is 4.91 Å². The van der Waals surface area contributed by atoms with E-state index in [1.54, 1.807) is 0 Å². The molecule has 1 rings (SSSR count). The monoisotopic (exact) mass is 145 g/mol. The summed E-state index contributed by atoms with van der Waals surface area (Å²) >= 11 is 5.67. The quantitative estimate of drug-likeness (QED) is 0.522. The summed E-state index contributed by atoms with van der Waals surface area (Å²) in [5, 5.41) is 3.49. The van der Waals surface area contributed by atoms with Crippen LogP contribution in [0, 0.1) is 4.91 Å². The number of allylic oxidation sites excluding steroid dienone is 2. The molecule has 0 radical (unpaired) electrons. The third-order valence-corrected chi connectivity index (χ3v) is 1.89. The summed E-state index contributed by atoms with van der Waals surface area (Å²) in [6, 6.07) is 0. The number of halogens is 1. The van der Waals surface area contributed by atoms with E-state index in [1.165, 1.54) is 0 Å². The Labute approximate surface area is 58.9 Å². The molecule has 1 aliphatic rings. The van der Waals surface area contributed by atoms with Gasteiger partial charge in [-0.15, -0.1) is 4.91 Å². The van der Waals surface area contributed by atoms with Crippen molar-refractivity contribution >= 4 is 11.6 Å². The summed E-state index contributed by atoms with van der Waals surface area (Å²) in [7, 11) is 0. The third kappa shape index (κ3) is 1.52. The maximum absolute atomic E-state index is 9.98. The highest BCUT2D eigenvalue weighted by Gasteiger charge is 2.10. The van der Waals surface area contributed by atoms with Gasteiger partial charge in [0.1, 0.15) is 0 Å². The fraction of sp³-hybridized carbons (Fsp3) is 0.667. The number of nitrogens with zero attached hydrogens (tertiary/aromatic N) is 1. The molecule has 9 heavy (non-hydrogen) atoms. The van der Waals surface area contributed by atoms with Crippen LogP contribution >= 0.6 is 11.6 Å². The van der Waals surface area contributed by atoms with E-state index < -0.39 is 0 Å². The van der Waals surface area contributed by atoms with Crippen molar-refractivity contribution in [2.24, 2.45) is 5.18 Å². The normalized spacial score (nSPS) is 20.1. The maximum atomic E-state index is 9.98. The first-order valence-corrected chi connectivity index (χ1v) is 3.43. The minimum absolute atomic E-state index is 0.558. The van der Waals surface area contributed by atoms with Gasteiger partial charge in [-0.1, -0.05) is 11.6 Å². The lowest BCUT2D eigenvalue weighted by atomic mass is 10.1. The standard InChI is InChI=1S/C6H8ClNO/c7-5-3-1-2-4-6(5)8-9/h1-4H2. The topological polar surface area (TPSA) is 29.4 Å². The van der Waals surface area contributed by atoms with E-state index in [0.717, 1.165) is 25.7 Å². The van der Waals surface area contributed by atoms with Gasteiger partial charge in [0.05, 0.1) is 5.70 Å². The van der Waals surface area contributed by atoms with Gasteiger partial charge in [-0.25, -0.2) is 0 Å². The van der Waals surface area contributed by atoms with Crippen molar-refractivity contribution < 1.29 is 0 Å². The zero-order valence-electron chi connectivity index (χ0n) is 5.06. The second-order valence-electron chi connectivity index (χ2n) is 2.15. The minimum Gasteiger partial charge on any atom is -0.145 e. The fourth-order valence-electron chi connectivity index (χ4n) is 0.948. The molecule has 2 nitrogen and oxygen atoms in total. The van der Waals surface area contributed by atoms with E-state index >= 15 is 0 Å². The zero-order chi connectivity index (χ0) is 6.69. The molecule has 0 aromatic carbocycles. The Kier molecular flexibility index (Phi) is 2.22. The van der Waals surface area contributed by atoms with E-state index in [2.05, 4.69) is 5.18 Å². The van der Waals surface area contributed by atoms with Gasteiger partial charge in [0.25, 0.3) is 0 Å². The van der Waals surface area contributed by atoms with Gasteiger partial charge >= 0.3 is 0 Å². The van der Waals surface area contributed by atoms with Gasteiger partial charge in [-0.3, -0.25) is 0 Å². The summed E-state index contributed by atoms with van der Waals surface area (Å²) in [4.78, 5) is 9.98. The Hall–Kier alpha value is -0.370. The lowest BCUT2D eigenvalue weighted by molar-refractivity contribution is 0.686. The Balaban J connectivity index is 2.70. The highest BCUT2D eigenvalue weighted by Crippen LogP contribution is 2.27. The van der Waals surface area contributed by atoms with Gasteiger partial charge < -0.3 is 0 Å². The van der Waals surface area contributed by atoms with Gasteiger partial charge in [0.15, 0.2) is 0 Å². The molecule has 0 fully saturated rings. The van der Waals surface area contributed by atoms with E-state index in [-0.39, 0.29) is 0 Å². The predicted octanol–water partition coefficient (Wildman–Crippen LogP) is 2.78. The van der Waals surface area contributed by atoms with Crippen LogP contribution in [0.5, 0.6) is 0 Å². The third-order valence-electron chi connectivity index (χ3n) is 1.48. The van der Waals surface area contributed by atoms with E-state index in [1.807, 2.05) is 0 Å². The van der Waals surface area contributed by atoms with Gasteiger partial charge in [-0.05, 0) is 30.9 Å². The summed E-state index contributed by atoms with van der Waals surface area (Å²) in [6.45, 7) is 0. The predicted molar refractivity (Wildman–Crippen MR) is 37.1 cm³/mol. The van der Waals surface area contributed by atoms with Crippen LogP contribution in [0.25, 0.3) is 0 Å². The minimum atomic E-state index is 0.558. The molecule has 0 aromatic rings. The van der Waals surface area contributed by atoms with Crippen LogP contribution in [0.4, 0.5) is 0 Å². The molecule has 1 aliphatic carbocycles. The first-order valence-electron chi connectivity index (χ1n) is 3.05. The van der Waals surface area contributed by atoms with Crippen LogP contribution in [-0.2, 0) is 0 Å². The summed E-state index contributed by atoms with van der Waals surface area (Å²) in [5.41, 5.74) is 0.558. The number of nitroso groups, excluding NO2 is 1. The summed E-state index contributed by atoms with van der Waals surface area (Å²) in [5.74, 6) is 0. The van der Waals surface area contributed by atoms with Crippen molar-refractivity contribution in [2.75, 3.05) is 0 Å². The Bertz CT molecular complexity index is 153. The first kappa shape index (κ1) is 6.75. The lowest BCUT2D eigenvalue weighted by Crippen LogP contribution is -1.91. The molecule has 0 spiro atoms. The molecule has 0 aliphatic heterocycles. The molecule has 0 amide bonds. The summed E-state index contributed by atoms with van der Waals surface area (Å²) in [6.07, 6.45) is 3.75. The molecule has 3 heteroatoms. The van der Waals surface area contributed by atoms with Crippen LogP contribution in [0.3, 0.4) is 0 Å². The van der Waals surface area contributed by atoms with Gasteiger partial charge in [0, 0.05) is 5.03 Å². The molecule has 0 saturated carbocycles. The van der Waals surface area contributed by atoms with Crippen molar-refractivity contribution in [1.29, 1.82) is 0 Å². The number of hydrogen-bond acceptors (Lipinski definition) is 2. The van der Waals surface area contributed by atoms with Gasteiger partial charge in [-0.2, -0.15) is 0 Å². The molecule has 0 bridgehead atoms. The average molecular weight is 146 g/mol. The molecule has 50 valence electrons. The second-order valence-corrected chi connectivity index (χ2v) is 2.61. The Morgan fingerprint density at radius 1 is 1.33 bits per heavy atom. The SMILES string of the molecule is O=NC1=C(Cl)CCCC1. The van der Waals surface area contributed by atoms with Crippen molar-refractivity contribution in [2.45, 2.75) is 25.7 Å². The molecular formula is C6H8ClNO. The lowest BCUT2D eigenvalue weighted by Gasteiger charge is -2.08. The molecule has 0 atom stereocenters. The van der Waals surface area contributed by atoms with Crippen LogP contribution in [0.15, 0.2) is 15.9 Å². The van der Waals surface area contributed by atoms with Gasteiger partial charge in [0.2, 0.25) is 0 Å². The van der Waals surface area contributed by atoms with Crippen LogP contribution in [0.2, 0.25) is 0 Å². The van der Waals surface area contributed by atoms with Crippen molar-refractivity contribution in [3.05, 3.63) is 15.6 Å².